The van der Waals surface area contributed by atoms with Crippen LogP contribution in [0.15, 0.2) is 0 Å². The Morgan fingerprint density at radius 3 is 2.62 bits per heavy atom. The van der Waals surface area contributed by atoms with Gasteiger partial charge in [-0.15, -0.1) is 0 Å². The Kier molecular flexibility index (Phi) is 3.97. The molecule has 1 aliphatic heterocycles. The van der Waals surface area contributed by atoms with E-state index in [1.54, 1.807) is 0 Å². The summed E-state index contributed by atoms with van der Waals surface area (Å²) in [4.78, 5) is 13.7. The number of urea groups is 1. The molecule has 0 bridgehead atoms. The lowest BCUT2D eigenvalue weighted by molar-refractivity contribution is 0.0529. The fourth-order valence-electron chi connectivity index (χ4n) is 2.14. The van der Waals surface area contributed by atoms with Gasteiger partial charge in [-0.2, -0.15) is 11.8 Å². The van der Waals surface area contributed by atoms with E-state index in [2.05, 4.69) is 11.6 Å². The van der Waals surface area contributed by atoms with E-state index in [1.165, 1.54) is 19.3 Å². The van der Waals surface area contributed by atoms with Crippen molar-refractivity contribution in [1.29, 1.82) is 0 Å². The number of morpholine rings is 1. The highest BCUT2D eigenvalue weighted by molar-refractivity contribution is 8.00. The van der Waals surface area contributed by atoms with Crippen LogP contribution in [-0.4, -0.2) is 54.8 Å². The summed E-state index contributed by atoms with van der Waals surface area (Å²) in [6.45, 7) is 3.59. The van der Waals surface area contributed by atoms with Gasteiger partial charge in [0.25, 0.3) is 0 Å². The van der Waals surface area contributed by atoms with Crippen molar-refractivity contribution < 1.29 is 9.53 Å². The zero-order chi connectivity index (χ0) is 11.4. The molecule has 1 aliphatic carbocycles. The lowest BCUT2D eigenvalue weighted by Gasteiger charge is -2.41. The fraction of sp³-hybridized carbons (Fsp3) is 0.909. The van der Waals surface area contributed by atoms with Crippen molar-refractivity contribution in [2.24, 2.45) is 0 Å². The second-order valence-corrected chi connectivity index (χ2v) is 5.77. The molecule has 2 rings (SSSR count). The van der Waals surface area contributed by atoms with Gasteiger partial charge in [-0.1, -0.05) is 6.42 Å². The molecule has 5 heteroatoms. The van der Waals surface area contributed by atoms with Crippen molar-refractivity contribution in [2.45, 2.75) is 24.0 Å². The summed E-state index contributed by atoms with van der Waals surface area (Å²) in [6.07, 6.45) is 5.91. The standard InChI is InChI=1S/C11H20N2O2S/c1-16-11(3-2-4-11)9-12-10(14)13-5-7-15-8-6-13/h2-9H2,1H3,(H,12,14). The van der Waals surface area contributed by atoms with Crippen molar-refractivity contribution >= 4 is 17.8 Å². The van der Waals surface area contributed by atoms with Crippen LogP contribution < -0.4 is 5.32 Å². The first-order valence-corrected chi connectivity index (χ1v) is 7.14. The van der Waals surface area contributed by atoms with Crippen molar-refractivity contribution in [1.82, 2.24) is 10.2 Å². The molecule has 2 fully saturated rings. The molecule has 0 atom stereocenters. The van der Waals surface area contributed by atoms with Crippen molar-refractivity contribution in [3.05, 3.63) is 0 Å². The fourth-order valence-corrected chi connectivity index (χ4v) is 3.05. The molecule has 16 heavy (non-hydrogen) atoms. The Hall–Kier alpha value is -0.420. The summed E-state index contributed by atoms with van der Waals surface area (Å²) in [6, 6.07) is 0.0728. The van der Waals surface area contributed by atoms with Crippen LogP contribution in [0.2, 0.25) is 0 Å². The summed E-state index contributed by atoms with van der Waals surface area (Å²) in [7, 11) is 0. The second-order valence-electron chi connectivity index (χ2n) is 4.50. The van der Waals surface area contributed by atoms with E-state index < -0.39 is 0 Å². The lowest BCUT2D eigenvalue weighted by atomic mass is 9.84. The van der Waals surface area contributed by atoms with Gasteiger partial charge >= 0.3 is 6.03 Å². The molecule has 4 nitrogen and oxygen atoms in total. The summed E-state index contributed by atoms with van der Waals surface area (Å²) in [5.41, 5.74) is 0. The first-order valence-electron chi connectivity index (χ1n) is 5.91. The van der Waals surface area contributed by atoms with Crippen LogP contribution in [0, 0.1) is 0 Å². The van der Waals surface area contributed by atoms with Gasteiger partial charge in [-0.25, -0.2) is 4.79 Å². The number of carbonyl (C=O) groups is 1. The van der Waals surface area contributed by atoms with Gasteiger partial charge in [0, 0.05) is 24.4 Å². The predicted octanol–water partition coefficient (Wildman–Crippen LogP) is 1.31. The number of hydrogen-bond acceptors (Lipinski definition) is 3. The van der Waals surface area contributed by atoms with Gasteiger partial charge in [-0.05, 0) is 19.1 Å². The number of carbonyl (C=O) groups excluding carboxylic acids is 1. The molecule has 0 radical (unpaired) electrons. The van der Waals surface area contributed by atoms with Crippen LogP contribution in [0.25, 0.3) is 0 Å². The van der Waals surface area contributed by atoms with Crippen LogP contribution in [-0.2, 0) is 4.74 Å². The maximum Gasteiger partial charge on any atom is 0.317 e. The van der Waals surface area contributed by atoms with Crippen LogP contribution in [0.5, 0.6) is 0 Å². The molecule has 1 N–H and O–H groups in total. The Balaban J connectivity index is 1.74. The third-order valence-corrected chi connectivity index (χ3v) is 4.98. The summed E-state index contributed by atoms with van der Waals surface area (Å²) in [5, 5.41) is 3.06. The predicted molar refractivity (Wildman–Crippen MR) is 65.9 cm³/mol. The highest BCUT2D eigenvalue weighted by Gasteiger charge is 2.36. The van der Waals surface area contributed by atoms with Crippen LogP contribution in [0.1, 0.15) is 19.3 Å². The topological polar surface area (TPSA) is 41.6 Å². The number of thioether (sulfide) groups is 1. The highest BCUT2D eigenvalue weighted by Crippen LogP contribution is 2.42. The third-order valence-electron chi connectivity index (χ3n) is 3.56. The van der Waals surface area contributed by atoms with Gasteiger partial charge in [0.05, 0.1) is 13.2 Å². The minimum absolute atomic E-state index is 0.0728. The van der Waals surface area contributed by atoms with Gasteiger partial charge in [-0.3, -0.25) is 0 Å². The molecule has 0 unspecified atom stereocenters. The van der Waals surface area contributed by atoms with E-state index in [4.69, 9.17) is 4.74 Å². The first kappa shape index (κ1) is 12.0. The zero-order valence-corrected chi connectivity index (χ0v) is 10.6. The molecule has 2 aliphatic rings. The average molecular weight is 244 g/mol. The van der Waals surface area contributed by atoms with Crippen LogP contribution in [0.3, 0.4) is 0 Å². The second kappa shape index (κ2) is 5.27. The van der Waals surface area contributed by atoms with Crippen LogP contribution in [0.4, 0.5) is 4.79 Å². The van der Waals surface area contributed by atoms with Gasteiger partial charge in [0.15, 0.2) is 0 Å². The van der Waals surface area contributed by atoms with E-state index in [-0.39, 0.29) is 6.03 Å². The SMILES string of the molecule is CSC1(CNC(=O)N2CCOCC2)CCC1. The highest BCUT2D eigenvalue weighted by atomic mass is 32.2. The minimum Gasteiger partial charge on any atom is -0.378 e. The lowest BCUT2D eigenvalue weighted by Crippen LogP contribution is -2.51. The summed E-state index contributed by atoms with van der Waals surface area (Å²) >= 11 is 1.89. The number of ether oxygens (including phenoxy) is 1. The van der Waals surface area contributed by atoms with E-state index in [0.717, 1.165) is 19.6 Å². The normalized spacial score (nSPS) is 23.7. The molecule has 1 saturated carbocycles. The molecule has 0 aromatic heterocycles. The third kappa shape index (κ3) is 2.63. The number of hydrogen-bond donors (Lipinski definition) is 1. The zero-order valence-electron chi connectivity index (χ0n) is 9.83. The van der Waals surface area contributed by atoms with E-state index >= 15 is 0 Å². The van der Waals surface area contributed by atoms with Gasteiger partial charge in [0.1, 0.15) is 0 Å². The summed E-state index contributed by atoms with van der Waals surface area (Å²) in [5.74, 6) is 0. The molecule has 92 valence electrons. The molecular weight excluding hydrogens is 224 g/mol. The molecule has 1 heterocycles. The molecule has 0 spiro atoms. The minimum atomic E-state index is 0.0728. The van der Waals surface area contributed by atoms with Gasteiger partial charge < -0.3 is 15.0 Å². The average Bonchev–Trinajstić information content (AvgIpc) is 2.29. The maximum atomic E-state index is 11.9. The Morgan fingerprint density at radius 2 is 2.12 bits per heavy atom. The van der Waals surface area contributed by atoms with Gasteiger partial charge in [0.2, 0.25) is 0 Å². The molecular formula is C11H20N2O2S. The molecule has 0 aromatic rings. The molecule has 1 saturated heterocycles. The van der Waals surface area contributed by atoms with E-state index in [1.807, 2.05) is 16.7 Å². The molecule has 2 amide bonds. The van der Waals surface area contributed by atoms with Crippen molar-refractivity contribution in [2.75, 3.05) is 39.1 Å². The summed E-state index contributed by atoms with van der Waals surface area (Å²) < 4.78 is 5.54. The Bertz CT molecular complexity index is 245. The number of nitrogens with one attached hydrogen (secondary N) is 1. The molecule has 0 aromatic carbocycles. The number of rotatable bonds is 3. The van der Waals surface area contributed by atoms with Crippen molar-refractivity contribution in [3.8, 4) is 0 Å². The Labute approximate surface area is 101 Å². The smallest absolute Gasteiger partial charge is 0.317 e. The van der Waals surface area contributed by atoms with Crippen LogP contribution >= 0.6 is 11.8 Å². The number of amides is 2. The largest absolute Gasteiger partial charge is 0.378 e. The Morgan fingerprint density at radius 1 is 1.44 bits per heavy atom. The van der Waals surface area contributed by atoms with E-state index in [0.29, 0.717) is 18.0 Å². The quantitative estimate of drug-likeness (QED) is 0.814. The maximum absolute atomic E-state index is 11.9. The first-order chi connectivity index (χ1) is 7.76. The monoisotopic (exact) mass is 244 g/mol. The number of nitrogens with zero attached hydrogens (tertiary/aromatic N) is 1. The van der Waals surface area contributed by atoms with E-state index in [9.17, 15) is 4.79 Å². The van der Waals surface area contributed by atoms with Crippen molar-refractivity contribution in [3.63, 3.8) is 0 Å².